The predicted molar refractivity (Wildman–Crippen MR) is 381 cm³/mol. The van der Waals surface area contributed by atoms with Crippen molar-refractivity contribution in [1.29, 1.82) is 10.5 Å². The van der Waals surface area contributed by atoms with Crippen LogP contribution in [0.2, 0.25) is 0 Å². The Hall–Kier alpha value is -8.89. The fourth-order valence-electron chi connectivity index (χ4n) is 10.6. The highest BCUT2D eigenvalue weighted by Gasteiger charge is 2.35. The number of para-hydroxylation sites is 1. The monoisotopic (exact) mass is 1360 g/mol. The molecule has 0 spiro atoms. The summed E-state index contributed by atoms with van der Waals surface area (Å²) in [4.78, 5) is 41.1. The van der Waals surface area contributed by atoms with E-state index in [2.05, 4.69) is 73.5 Å². The van der Waals surface area contributed by atoms with Crippen molar-refractivity contribution < 1.29 is 46.5 Å². The lowest BCUT2D eigenvalue weighted by Crippen LogP contribution is -2.32. The SMILES string of the molecule is CCCCCCCCCCCCCCCCOc1ccc(OC(=O)NNc2cc(C#N)c(C#N)cc2C)cc1.CCCCCCCCCCCCCCCc1cccc(OCCCOC(=O)NNc2snc3ccc(C)cc23)c1.O=CNNc1nc(C(F)(F)F)nc2ccccc12. The summed E-state index contributed by atoms with van der Waals surface area (Å²) in [6.07, 6.45) is 32.7. The average molecular weight is 1360 g/mol. The number of nitriles is 2. The molecule has 22 heteroatoms. The number of nitrogens with zero attached hydrogens (tertiary/aromatic N) is 5. The summed E-state index contributed by atoms with van der Waals surface area (Å²) < 4.78 is 64.3. The Labute approximate surface area is 575 Å². The molecule has 0 saturated heterocycles. The van der Waals surface area contributed by atoms with Crippen LogP contribution in [0.1, 0.15) is 227 Å². The lowest BCUT2D eigenvalue weighted by molar-refractivity contribution is -0.144. The molecular formula is C75H100F3N11O7S. The van der Waals surface area contributed by atoms with E-state index in [4.69, 9.17) is 24.2 Å². The fourth-order valence-corrected chi connectivity index (χ4v) is 11.3. The molecule has 18 nitrogen and oxygen atoms in total. The first-order chi connectivity index (χ1) is 47.2. The fraction of sp³-hybridized carbons (Fsp3) is 0.493. The van der Waals surface area contributed by atoms with Gasteiger partial charge in [0, 0.05) is 17.2 Å². The Morgan fingerprint density at radius 2 is 1.09 bits per heavy atom. The first-order valence-corrected chi connectivity index (χ1v) is 35.5. The quantitative estimate of drug-likeness (QED) is 0.0118. The van der Waals surface area contributed by atoms with Crippen LogP contribution in [-0.2, 0) is 22.1 Å². The van der Waals surface area contributed by atoms with E-state index >= 15 is 0 Å². The van der Waals surface area contributed by atoms with E-state index in [0.29, 0.717) is 48.4 Å². The van der Waals surface area contributed by atoms with Crippen molar-refractivity contribution in [3.8, 4) is 29.4 Å². The number of halogens is 3. The Balaban J connectivity index is 0.000000281. The number of carbonyl (C=O) groups excluding carboxylic acids is 3. The minimum Gasteiger partial charge on any atom is -0.494 e. The van der Waals surface area contributed by atoms with Gasteiger partial charge in [0.2, 0.25) is 12.2 Å². The molecule has 0 aliphatic rings. The molecule has 524 valence electrons. The Kier molecular flexibility index (Phi) is 38.3. The summed E-state index contributed by atoms with van der Waals surface area (Å²) >= 11 is 1.31. The standard InChI is InChI=1S/C33H49N3O3S.C32H44N4O3.C10H7F3N4O/c1-3-4-5-6-7-8-9-10-11-12-13-14-15-18-28-19-16-20-29(26-28)38-23-17-24-39-33(37)35-34-32-30-25-27(2)21-22-31(30)36-40-32;1-3-4-5-6-7-8-9-10-11-12-13-14-15-16-21-38-29-17-19-30(20-18-29)39-32(37)36-35-31-23-28(25-34)27(24-33)22-26(31)2;11-10(12,13)9-15-7-4-2-1-3-6(7)8(16-9)17-14-5-18/h16,19-22,25-26,34H,3-15,17-18,23-24H2,1-2H3,(H,35,37);17-20,22-23,35H,3-16,21H2,1-2H3,(H,36,37);1-5H,(H,14,18)(H,15,16,17). The predicted octanol–water partition coefficient (Wildman–Crippen LogP) is 20.2. The third-order valence-electron chi connectivity index (χ3n) is 16.0. The summed E-state index contributed by atoms with van der Waals surface area (Å²) in [6, 6.07) is 34.6. The van der Waals surface area contributed by atoms with Gasteiger partial charge in [-0.2, -0.15) is 28.1 Å². The number of aryl methyl sites for hydroxylation is 3. The molecule has 3 amide bonds. The van der Waals surface area contributed by atoms with Crippen LogP contribution in [0.4, 0.5) is 39.3 Å². The summed E-state index contributed by atoms with van der Waals surface area (Å²) in [5.41, 5.74) is 20.2. The van der Waals surface area contributed by atoms with Gasteiger partial charge >= 0.3 is 18.4 Å². The molecular weight excluding hydrogens is 1260 g/mol. The van der Waals surface area contributed by atoms with Crippen molar-refractivity contribution in [3.05, 3.63) is 137 Å². The summed E-state index contributed by atoms with van der Waals surface area (Å²) in [5, 5.41) is 20.4. The van der Waals surface area contributed by atoms with E-state index in [-0.39, 0.29) is 29.1 Å². The summed E-state index contributed by atoms with van der Waals surface area (Å²) in [5.74, 6) is 0.627. The van der Waals surface area contributed by atoms with Gasteiger partial charge in [-0.25, -0.2) is 30.4 Å². The number of nitrogens with one attached hydrogen (secondary N) is 6. The van der Waals surface area contributed by atoms with Gasteiger partial charge < -0.3 is 18.9 Å². The third kappa shape index (κ3) is 32.1. The van der Waals surface area contributed by atoms with Crippen molar-refractivity contribution in [2.45, 2.75) is 220 Å². The number of anilines is 3. The van der Waals surface area contributed by atoms with Crippen molar-refractivity contribution in [2.24, 2.45) is 0 Å². The molecule has 2 aromatic heterocycles. The van der Waals surface area contributed by atoms with Gasteiger partial charge in [0.1, 0.15) is 34.4 Å². The normalized spacial score (nSPS) is 10.8. The first kappa shape index (κ1) is 78.8. The van der Waals surface area contributed by atoms with Crippen molar-refractivity contribution in [3.63, 3.8) is 0 Å². The zero-order valence-corrected chi connectivity index (χ0v) is 58.0. The van der Waals surface area contributed by atoms with E-state index < -0.39 is 24.2 Å². The number of ether oxygens (including phenoxy) is 4. The molecule has 7 aromatic rings. The maximum atomic E-state index is 12.6. The third-order valence-corrected chi connectivity index (χ3v) is 16.8. The largest absolute Gasteiger partial charge is 0.494 e. The maximum Gasteiger partial charge on any atom is 0.451 e. The smallest absolute Gasteiger partial charge is 0.451 e. The molecule has 7 rings (SSSR count). The van der Waals surface area contributed by atoms with E-state index in [9.17, 15) is 32.8 Å². The van der Waals surface area contributed by atoms with Crippen LogP contribution >= 0.6 is 11.5 Å². The second-order valence-corrected chi connectivity index (χ2v) is 24.8. The number of aromatic nitrogens is 3. The van der Waals surface area contributed by atoms with Crippen LogP contribution in [0, 0.1) is 36.5 Å². The lowest BCUT2D eigenvalue weighted by atomic mass is 10.0. The first-order valence-electron chi connectivity index (χ1n) is 34.7. The van der Waals surface area contributed by atoms with Crippen LogP contribution in [0.3, 0.4) is 0 Å². The van der Waals surface area contributed by atoms with Crippen molar-refractivity contribution >= 4 is 68.4 Å². The molecule has 0 fully saturated rings. The number of carbonyl (C=O) groups is 3. The number of unbranched alkanes of at least 4 members (excludes halogenated alkanes) is 25. The van der Waals surface area contributed by atoms with Crippen LogP contribution in [-0.4, -0.2) is 52.8 Å². The van der Waals surface area contributed by atoms with Crippen molar-refractivity contribution in [2.75, 3.05) is 36.1 Å². The van der Waals surface area contributed by atoms with Gasteiger partial charge in [-0.15, -0.1) is 0 Å². The average Bonchev–Trinajstić information content (AvgIpc) is 1.12. The molecule has 0 radical (unpaired) electrons. The molecule has 5 aromatic carbocycles. The van der Waals surface area contributed by atoms with Gasteiger partial charge in [0.05, 0.1) is 47.7 Å². The van der Waals surface area contributed by atoms with E-state index in [1.165, 1.54) is 196 Å². The number of amides is 3. The van der Waals surface area contributed by atoms with Crippen LogP contribution in [0.25, 0.3) is 21.8 Å². The van der Waals surface area contributed by atoms with E-state index in [1.54, 1.807) is 55.5 Å². The molecule has 0 saturated carbocycles. The van der Waals surface area contributed by atoms with Gasteiger partial charge in [0.15, 0.2) is 5.82 Å². The van der Waals surface area contributed by atoms with Gasteiger partial charge in [-0.1, -0.05) is 210 Å². The van der Waals surface area contributed by atoms with Gasteiger partial charge in [0.25, 0.3) is 0 Å². The van der Waals surface area contributed by atoms with Gasteiger partial charge in [-0.05, 0) is 129 Å². The van der Waals surface area contributed by atoms with Gasteiger partial charge in [-0.3, -0.25) is 26.5 Å². The number of hydrogen-bond acceptors (Lipinski definition) is 16. The second kappa shape index (κ2) is 47.1. The number of rotatable bonds is 43. The number of alkyl halides is 3. The summed E-state index contributed by atoms with van der Waals surface area (Å²) in [6.45, 7) is 9.82. The second-order valence-electron chi connectivity index (χ2n) is 24.1. The molecule has 0 atom stereocenters. The van der Waals surface area contributed by atoms with Crippen molar-refractivity contribution in [1.82, 2.24) is 30.6 Å². The lowest BCUT2D eigenvalue weighted by Gasteiger charge is -2.12. The number of hydrogen-bond donors (Lipinski definition) is 6. The minimum absolute atomic E-state index is 0.111. The zero-order chi connectivity index (χ0) is 69.6. The maximum absolute atomic E-state index is 12.6. The number of hydrazine groups is 3. The Morgan fingerprint density at radius 3 is 1.70 bits per heavy atom. The number of fused-ring (bicyclic) bond motifs is 2. The number of benzene rings is 5. The Morgan fingerprint density at radius 1 is 0.536 bits per heavy atom. The van der Waals surface area contributed by atoms with Crippen LogP contribution < -0.4 is 46.8 Å². The highest BCUT2D eigenvalue weighted by molar-refractivity contribution is 7.11. The zero-order valence-electron chi connectivity index (χ0n) is 57.2. The van der Waals surface area contributed by atoms with E-state index in [0.717, 1.165) is 45.8 Å². The summed E-state index contributed by atoms with van der Waals surface area (Å²) in [7, 11) is 0. The molecule has 97 heavy (non-hydrogen) atoms. The molecule has 0 aliphatic heterocycles. The highest BCUT2D eigenvalue weighted by Crippen LogP contribution is 2.31. The topological polar surface area (TPSA) is 247 Å². The van der Waals surface area contributed by atoms with Crippen LogP contribution in [0.5, 0.6) is 17.2 Å². The molecule has 0 aliphatic carbocycles. The Bertz CT molecular complexity index is 3490. The molecule has 0 unspecified atom stereocenters. The molecule has 2 heterocycles. The molecule has 0 bridgehead atoms. The van der Waals surface area contributed by atoms with E-state index in [1.807, 2.05) is 48.8 Å². The highest BCUT2D eigenvalue weighted by atomic mass is 32.1. The van der Waals surface area contributed by atoms with Crippen LogP contribution in [0.15, 0.2) is 103 Å². The minimum atomic E-state index is -4.65. The molecule has 6 N–H and O–H groups in total.